The normalized spacial score (nSPS) is 8.57. The van der Waals surface area contributed by atoms with E-state index in [9.17, 15) is 0 Å². The second-order valence-corrected chi connectivity index (χ2v) is 1.80. The molecular weight excluding hydrogens is 196 g/mol. The van der Waals surface area contributed by atoms with Crippen LogP contribution < -0.4 is 0 Å². The summed E-state index contributed by atoms with van der Waals surface area (Å²) in [4.78, 5) is 29.3. The van der Waals surface area contributed by atoms with Crippen molar-refractivity contribution in [3.8, 4) is 0 Å². The summed E-state index contributed by atoms with van der Waals surface area (Å²) in [7, 11) is -4.61. The summed E-state index contributed by atoms with van der Waals surface area (Å²) >= 11 is 0. The Balaban J connectivity index is -0.0000000800. The first-order valence-corrected chi connectivity index (χ1v) is 2.68. The van der Waals surface area contributed by atoms with E-state index in [1.165, 1.54) is 0 Å². The van der Waals surface area contributed by atoms with Gasteiger partial charge in [-0.1, -0.05) is 0 Å². The molecule has 0 heterocycles. The zero-order valence-corrected chi connectivity index (χ0v) is 5.41. The Morgan fingerprint density at radius 2 is 0.857 bits per heavy atom. The average Bonchev–Trinajstić information content (AvgIpc) is 0.722. The molecule has 0 rings (SSSR count). The van der Waals surface area contributed by atoms with Gasteiger partial charge in [0.2, 0.25) is 0 Å². The van der Waals surface area contributed by atoms with Crippen LogP contribution in [0.25, 0.3) is 0 Å². The summed E-state index contributed by atoms with van der Waals surface area (Å²) in [5, 5.41) is 0. The molecule has 4 N–H and O–H groups in total. The molecule has 0 amide bonds. The minimum atomic E-state index is -4.61. The van der Waals surface area contributed by atoms with Gasteiger partial charge in [-0.25, -0.2) is 0 Å². The van der Waals surface area contributed by atoms with Gasteiger partial charge in [0.05, 0.1) is 0 Å². The molecule has 7 heavy (non-hydrogen) atoms. The third-order valence-corrected chi connectivity index (χ3v) is 0. The van der Waals surface area contributed by atoms with Crippen molar-refractivity contribution in [1.82, 2.24) is 0 Å². The molecular formula is H11GeO4PSi. The van der Waals surface area contributed by atoms with Crippen LogP contribution in [0.4, 0.5) is 0 Å². The zero-order chi connectivity index (χ0) is 4.50. The Bertz CT molecular complexity index is 27.2. The first kappa shape index (κ1) is 15.7. The molecule has 0 aromatic heterocycles. The summed E-state index contributed by atoms with van der Waals surface area (Å²) in [6, 6.07) is 0. The van der Waals surface area contributed by atoms with E-state index < -0.39 is 9.05 Å². The van der Waals surface area contributed by atoms with E-state index in [4.69, 9.17) is 19.2 Å². The fourth-order valence-electron chi connectivity index (χ4n) is 0. The molecule has 1 atom stereocenters. The van der Waals surface area contributed by atoms with Crippen LogP contribution in [-0.4, -0.2) is 45.8 Å². The van der Waals surface area contributed by atoms with Crippen molar-refractivity contribution in [3.05, 3.63) is 0 Å². The van der Waals surface area contributed by atoms with Crippen molar-refractivity contribution >= 4 is 36.5 Å². The Kier molecular flexibility index (Phi) is 11.6. The maximum atomic E-state index is 7.33. The van der Waals surface area contributed by atoms with Crippen molar-refractivity contribution < 1.29 is 19.2 Å². The minimum absolute atomic E-state index is 0. The van der Waals surface area contributed by atoms with Crippen LogP contribution in [0.15, 0.2) is 0 Å². The second kappa shape index (κ2) is 5.17. The Labute approximate surface area is 56.3 Å². The molecule has 0 aliphatic carbocycles. The van der Waals surface area contributed by atoms with Crippen molar-refractivity contribution in [1.29, 1.82) is 0 Å². The van der Waals surface area contributed by atoms with Gasteiger partial charge in [0.1, 0.15) is 0 Å². The van der Waals surface area contributed by atoms with E-state index in [1.807, 2.05) is 0 Å². The fraction of sp³-hybridized carbons (Fsp3) is 0. The van der Waals surface area contributed by atoms with Crippen molar-refractivity contribution in [3.63, 3.8) is 0 Å². The Hall–Kier alpha value is 1.03. The molecule has 0 fully saturated rings. The second-order valence-electron chi connectivity index (χ2n) is 0.600. The van der Waals surface area contributed by atoms with Gasteiger partial charge in [-0.05, 0) is 0 Å². The molecule has 7 heteroatoms. The quantitative estimate of drug-likeness (QED) is 0.241. The van der Waals surface area contributed by atoms with Crippen LogP contribution in [0, 0.1) is 0 Å². The van der Waals surface area contributed by atoms with E-state index in [0.717, 1.165) is 0 Å². The summed E-state index contributed by atoms with van der Waals surface area (Å²) in [6.45, 7) is 0. The van der Waals surface area contributed by atoms with Gasteiger partial charge < -0.3 is 19.2 Å². The monoisotopic (exact) mass is 208 g/mol. The molecule has 0 saturated carbocycles. The molecule has 0 aromatic rings. The molecule has 0 aliphatic rings. The summed E-state index contributed by atoms with van der Waals surface area (Å²) < 4.78 is 0. The molecule has 0 spiro atoms. The van der Waals surface area contributed by atoms with Gasteiger partial charge in [0.25, 0.3) is 0 Å². The van der Waals surface area contributed by atoms with Crippen LogP contribution in [0.3, 0.4) is 0 Å². The summed E-state index contributed by atoms with van der Waals surface area (Å²) in [5.74, 6) is 0. The molecule has 48 valence electrons. The van der Waals surface area contributed by atoms with E-state index in [1.54, 1.807) is 0 Å². The average molecular weight is 207 g/mol. The van der Waals surface area contributed by atoms with Gasteiger partial charge in [-0.3, -0.25) is 0 Å². The van der Waals surface area contributed by atoms with Gasteiger partial charge in [0.15, 0.2) is 0 Å². The fourth-order valence-corrected chi connectivity index (χ4v) is 0. The Morgan fingerprint density at radius 3 is 0.857 bits per heavy atom. The van der Waals surface area contributed by atoms with Crippen molar-refractivity contribution in [2.75, 3.05) is 0 Å². The van der Waals surface area contributed by atoms with Crippen molar-refractivity contribution in [2.24, 2.45) is 0 Å². The molecule has 0 bridgehead atoms. The number of hydrogen-bond acceptors (Lipinski definition) is 4. The van der Waals surface area contributed by atoms with E-state index >= 15 is 0 Å². The maximum absolute atomic E-state index is 7.33. The van der Waals surface area contributed by atoms with Crippen LogP contribution >= 0.6 is 9.90 Å². The molecule has 0 aliphatic heterocycles. The molecule has 0 radical (unpaired) electrons. The standard InChI is InChI=1S/GeH4.H4O4Si.H3P/c;1-5(2,3)4;/h1H4;1-4H;1H3. The topological polar surface area (TPSA) is 80.9 Å². The van der Waals surface area contributed by atoms with E-state index in [-0.39, 0.29) is 27.5 Å². The first-order valence-electron chi connectivity index (χ1n) is 0.894. The van der Waals surface area contributed by atoms with Gasteiger partial charge in [-0.15, -0.1) is 0 Å². The van der Waals surface area contributed by atoms with Crippen LogP contribution in [0.5, 0.6) is 0 Å². The third kappa shape index (κ3) is 168. The third-order valence-electron chi connectivity index (χ3n) is 0. The van der Waals surface area contributed by atoms with Crippen LogP contribution in [0.2, 0.25) is 0 Å². The SMILES string of the molecule is O[Si](O)(O)O.P.[GeH4]. The van der Waals surface area contributed by atoms with E-state index in [0.29, 0.717) is 0 Å². The summed E-state index contributed by atoms with van der Waals surface area (Å²) in [5.41, 5.74) is 0. The molecule has 4 nitrogen and oxygen atoms in total. The van der Waals surface area contributed by atoms with Crippen LogP contribution in [0.1, 0.15) is 0 Å². The van der Waals surface area contributed by atoms with Crippen molar-refractivity contribution in [2.45, 2.75) is 0 Å². The van der Waals surface area contributed by atoms with Crippen LogP contribution in [-0.2, 0) is 0 Å². The number of hydrogen-bond donors (Lipinski definition) is 4. The van der Waals surface area contributed by atoms with Gasteiger partial charge in [0, 0.05) is 0 Å². The predicted octanol–water partition coefficient (Wildman–Crippen LogP) is -4.00. The Morgan fingerprint density at radius 1 is 0.857 bits per heavy atom. The van der Waals surface area contributed by atoms with Gasteiger partial charge >= 0.3 is 26.6 Å². The number of rotatable bonds is 0. The van der Waals surface area contributed by atoms with E-state index in [2.05, 4.69) is 0 Å². The first-order chi connectivity index (χ1) is 2.00. The summed E-state index contributed by atoms with van der Waals surface area (Å²) in [6.07, 6.45) is 0. The molecule has 0 saturated heterocycles. The predicted molar refractivity (Wildman–Crippen MR) is 37.1 cm³/mol. The van der Waals surface area contributed by atoms with Gasteiger partial charge in [-0.2, -0.15) is 9.90 Å². The molecule has 0 aromatic carbocycles. The molecule has 1 unspecified atom stereocenters. The zero-order valence-electron chi connectivity index (χ0n) is 3.00.